The van der Waals surface area contributed by atoms with Crippen LogP contribution < -0.4 is 4.74 Å². The van der Waals surface area contributed by atoms with Crippen LogP contribution in [0.25, 0.3) is 0 Å². The Kier molecular flexibility index (Phi) is 4.04. The fraction of sp³-hybridized carbons (Fsp3) is 0.333. The number of amides is 1. The molecule has 7 heteroatoms. The van der Waals surface area contributed by atoms with Crippen LogP contribution in [0.3, 0.4) is 0 Å². The Bertz CT molecular complexity index is 522. The molecule has 1 aliphatic rings. The number of halogens is 2. The number of likely N-dealkylation sites (tertiary alicyclic amines) is 1. The first-order valence-electron chi connectivity index (χ1n) is 5.59. The molecular formula is C12H11BrFNO4. The molecule has 1 N–H and O–H groups in total. The fourth-order valence-corrected chi connectivity index (χ4v) is 2.21. The molecule has 0 saturated carbocycles. The summed E-state index contributed by atoms with van der Waals surface area (Å²) in [5, 5.41) is 8.65. The van der Waals surface area contributed by atoms with Gasteiger partial charge in [0.2, 0.25) is 0 Å². The minimum absolute atomic E-state index is 0.248. The summed E-state index contributed by atoms with van der Waals surface area (Å²) >= 11 is 3.03. The van der Waals surface area contributed by atoms with E-state index in [0.717, 1.165) is 0 Å². The molecule has 19 heavy (non-hydrogen) atoms. The third kappa shape index (κ3) is 3.23. The van der Waals surface area contributed by atoms with Gasteiger partial charge in [0.25, 0.3) is 5.91 Å². The van der Waals surface area contributed by atoms with Crippen molar-refractivity contribution in [2.45, 2.75) is 12.5 Å². The number of carbonyl (C=O) groups is 2. The van der Waals surface area contributed by atoms with Crippen LogP contribution in [0.1, 0.15) is 6.42 Å². The van der Waals surface area contributed by atoms with Crippen molar-refractivity contribution in [2.24, 2.45) is 0 Å². The Morgan fingerprint density at radius 3 is 2.95 bits per heavy atom. The van der Waals surface area contributed by atoms with Gasteiger partial charge in [-0.15, -0.1) is 0 Å². The van der Waals surface area contributed by atoms with Crippen LogP contribution in [0.5, 0.6) is 5.75 Å². The molecule has 0 aromatic heterocycles. The molecule has 102 valence electrons. The second-order valence-corrected chi connectivity index (χ2v) is 4.98. The van der Waals surface area contributed by atoms with E-state index >= 15 is 0 Å². The van der Waals surface area contributed by atoms with E-state index in [0.29, 0.717) is 18.7 Å². The van der Waals surface area contributed by atoms with Crippen molar-refractivity contribution in [3.05, 3.63) is 28.5 Å². The van der Waals surface area contributed by atoms with Gasteiger partial charge in [-0.25, -0.2) is 4.39 Å². The highest BCUT2D eigenvalue weighted by molar-refractivity contribution is 9.10. The molecule has 1 heterocycles. The fourth-order valence-electron chi connectivity index (χ4n) is 1.85. The molecule has 0 spiro atoms. The number of hydrogen-bond donors (Lipinski definition) is 1. The molecule has 1 aromatic rings. The first-order chi connectivity index (χ1) is 8.97. The third-order valence-corrected chi connectivity index (χ3v) is 3.35. The van der Waals surface area contributed by atoms with E-state index in [1.807, 2.05) is 0 Å². The Morgan fingerprint density at radius 1 is 1.58 bits per heavy atom. The summed E-state index contributed by atoms with van der Waals surface area (Å²) in [6, 6.07) is 4.09. The normalized spacial score (nSPS) is 18.7. The zero-order chi connectivity index (χ0) is 14.0. The second kappa shape index (κ2) is 5.56. The van der Waals surface area contributed by atoms with Gasteiger partial charge in [0, 0.05) is 13.0 Å². The number of rotatable bonds is 4. The van der Waals surface area contributed by atoms with Gasteiger partial charge in [-0.2, -0.15) is 0 Å². The van der Waals surface area contributed by atoms with Crippen LogP contribution in [0.2, 0.25) is 0 Å². The summed E-state index contributed by atoms with van der Waals surface area (Å²) in [4.78, 5) is 23.6. The number of ether oxygens (including phenoxy) is 1. The number of benzene rings is 1. The molecule has 0 aliphatic carbocycles. The van der Waals surface area contributed by atoms with Crippen molar-refractivity contribution in [3.63, 3.8) is 0 Å². The Balaban J connectivity index is 2.02. The highest BCUT2D eigenvalue weighted by Crippen LogP contribution is 2.24. The number of carboxylic acids is 1. The van der Waals surface area contributed by atoms with Crippen LogP contribution >= 0.6 is 15.9 Å². The average molecular weight is 332 g/mol. The Labute approximate surface area is 117 Å². The predicted molar refractivity (Wildman–Crippen MR) is 67.3 cm³/mol. The lowest BCUT2D eigenvalue weighted by atomic mass is 10.3. The van der Waals surface area contributed by atoms with Gasteiger partial charge in [-0.05, 0) is 34.1 Å². The summed E-state index contributed by atoms with van der Waals surface area (Å²) in [5.74, 6) is -1.47. The molecule has 1 aromatic carbocycles. The first-order valence-corrected chi connectivity index (χ1v) is 6.39. The van der Waals surface area contributed by atoms with Gasteiger partial charge in [0.15, 0.2) is 6.10 Å². The first kappa shape index (κ1) is 13.8. The van der Waals surface area contributed by atoms with Crippen LogP contribution in [-0.2, 0) is 9.59 Å². The maximum atomic E-state index is 13.1. The standard InChI is InChI=1S/C12H11BrFNO4/c13-8-5-7(1-2-9(8)14)19-10-3-4-15(12(10)18)6-11(16)17/h1-2,5,10H,3-4,6H2,(H,16,17). The molecule has 5 nitrogen and oxygen atoms in total. The lowest BCUT2D eigenvalue weighted by molar-refractivity contribution is -0.144. The zero-order valence-electron chi connectivity index (χ0n) is 9.81. The maximum Gasteiger partial charge on any atom is 0.323 e. The number of hydrogen-bond acceptors (Lipinski definition) is 3. The summed E-state index contributed by atoms with van der Waals surface area (Å²) in [6.07, 6.45) is -0.294. The molecule has 1 saturated heterocycles. The van der Waals surface area contributed by atoms with Crippen LogP contribution in [0.4, 0.5) is 4.39 Å². The van der Waals surface area contributed by atoms with Gasteiger partial charge >= 0.3 is 5.97 Å². The molecule has 1 amide bonds. The number of aliphatic carboxylic acids is 1. The summed E-state index contributed by atoms with van der Waals surface area (Å²) < 4.78 is 18.8. The molecule has 1 atom stereocenters. The minimum atomic E-state index is -1.06. The number of carboxylic acid groups (broad SMARTS) is 1. The van der Waals surface area contributed by atoms with Gasteiger partial charge in [0.1, 0.15) is 18.1 Å². The molecule has 1 fully saturated rings. The summed E-state index contributed by atoms with van der Waals surface area (Å²) in [5.41, 5.74) is 0. The number of carbonyl (C=O) groups excluding carboxylic acids is 1. The van der Waals surface area contributed by atoms with Crippen LogP contribution in [0.15, 0.2) is 22.7 Å². The molecule has 0 bridgehead atoms. The average Bonchev–Trinajstić information content (AvgIpc) is 2.66. The molecular weight excluding hydrogens is 321 g/mol. The summed E-state index contributed by atoms with van der Waals surface area (Å²) in [6.45, 7) is 0.0178. The predicted octanol–water partition coefficient (Wildman–Crippen LogP) is 1.65. The molecule has 1 unspecified atom stereocenters. The van der Waals surface area contributed by atoms with Gasteiger partial charge < -0.3 is 14.7 Å². The Morgan fingerprint density at radius 2 is 2.32 bits per heavy atom. The van der Waals surface area contributed by atoms with Crippen LogP contribution in [-0.4, -0.2) is 41.1 Å². The van der Waals surface area contributed by atoms with E-state index in [2.05, 4.69) is 15.9 Å². The van der Waals surface area contributed by atoms with Gasteiger partial charge in [0.05, 0.1) is 4.47 Å². The minimum Gasteiger partial charge on any atom is -0.480 e. The highest BCUT2D eigenvalue weighted by Gasteiger charge is 2.34. The topological polar surface area (TPSA) is 66.8 Å². The maximum absolute atomic E-state index is 13.1. The van der Waals surface area contributed by atoms with E-state index < -0.39 is 17.9 Å². The van der Waals surface area contributed by atoms with Crippen molar-refractivity contribution >= 4 is 27.8 Å². The number of nitrogens with zero attached hydrogens (tertiary/aromatic N) is 1. The van der Waals surface area contributed by atoms with E-state index in [-0.39, 0.29) is 16.9 Å². The highest BCUT2D eigenvalue weighted by atomic mass is 79.9. The van der Waals surface area contributed by atoms with E-state index in [4.69, 9.17) is 9.84 Å². The largest absolute Gasteiger partial charge is 0.480 e. The monoisotopic (exact) mass is 331 g/mol. The van der Waals surface area contributed by atoms with Crippen molar-refractivity contribution in [3.8, 4) is 5.75 Å². The van der Waals surface area contributed by atoms with Crippen molar-refractivity contribution < 1.29 is 23.8 Å². The SMILES string of the molecule is O=C(O)CN1CCC(Oc2ccc(F)c(Br)c2)C1=O. The van der Waals surface area contributed by atoms with E-state index in [1.165, 1.54) is 23.1 Å². The molecule has 2 rings (SSSR count). The Hall–Kier alpha value is -1.63. The van der Waals surface area contributed by atoms with Crippen molar-refractivity contribution in [2.75, 3.05) is 13.1 Å². The van der Waals surface area contributed by atoms with Gasteiger partial charge in [-0.3, -0.25) is 9.59 Å². The van der Waals surface area contributed by atoms with E-state index in [1.54, 1.807) is 0 Å². The smallest absolute Gasteiger partial charge is 0.323 e. The van der Waals surface area contributed by atoms with E-state index in [9.17, 15) is 14.0 Å². The quantitative estimate of drug-likeness (QED) is 0.911. The zero-order valence-corrected chi connectivity index (χ0v) is 11.4. The molecule has 1 aliphatic heterocycles. The lowest BCUT2D eigenvalue weighted by Crippen LogP contribution is -2.35. The second-order valence-electron chi connectivity index (χ2n) is 4.12. The summed E-state index contributed by atoms with van der Waals surface area (Å²) in [7, 11) is 0. The van der Waals surface area contributed by atoms with Gasteiger partial charge in [-0.1, -0.05) is 0 Å². The van der Waals surface area contributed by atoms with Crippen molar-refractivity contribution in [1.29, 1.82) is 0 Å². The lowest BCUT2D eigenvalue weighted by Gasteiger charge is -2.15. The third-order valence-electron chi connectivity index (χ3n) is 2.74. The molecule has 0 radical (unpaired) electrons. The van der Waals surface area contributed by atoms with Crippen LogP contribution in [0, 0.1) is 5.82 Å². The van der Waals surface area contributed by atoms with Crippen molar-refractivity contribution in [1.82, 2.24) is 4.90 Å².